The van der Waals surface area contributed by atoms with Crippen LogP contribution in [-0.4, -0.2) is 49.3 Å². The number of carbonyl (C=O) groups is 1. The van der Waals surface area contributed by atoms with Crippen LogP contribution in [0.15, 0.2) is 38.7 Å². The number of hydrogen-bond acceptors (Lipinski definition) is 6. The van der Waals surface area contributed by atoms with Gasteiger partial charge in [-0.3, -0.25) is 19.1 Å². The minimum atomic E-state index is -1.33. The minimum absolute atomic E-state index is 0.0366. The van der Waals surface area contributed by atoms with Crippen molar-refractivity contribution in [1.29, 1.82) is 0 Å². The maximum absolute atomic E-state index is 12.3. The summed E-state index contributed by atoms with van der Waals surface area (Å²) in [7, 11) is 0. The van der Waals surface area contributed by atoms with Crippen molar-refractivity contribution < 1.29 is 14.4 Å². The van der Waals surface area contributed by atoms with Gasteiger partial charge in [-0.2, -0.15) is 0 Å². The van der Waals surface area contributed by atoms with Crippen LogP contribution in [0, 0.1) is 0 Å². The lowest BCUT2D eigenvalue weighted by atomic mass is 9.88. The van der Waals surface area contributed by atoms with Crippen LogP contribution < -0.4 is 11.2 Å². The van der Waals surface area contributed by atoms with Gasteiger partial charge in [0.1, 0.15) is 11.9 Å². The fourth-order valence-electron chi connectivity index (χ4n) is 2.93. The molecule has 9 heteroatoms. The van der Waals surface area contributed by atoms with Gasteiger partial charge in [-0.05, 0) is 13.3 Å². The predicted molar refractivity (Wildman–Crippen MR) is 78.0 cm³/mol. The Hall–Kier alpha value is -2.68. The van der Waals surface area contributed by atoms with Gasteiger partial charge < -0.3 is 14.5 Å². The highest BCUT2D eigenvalue weighted by Gasteiger charge is 2.41. The Morgan fingerprint density at radius 2 is 2.26 bits per heavy atom. The molecule has 1 saturated heterocycles. The van der Waals surface area contributed by atoms with Gasteiger partial charge in [0.15, 0.2) is 5.69 Å². The maximum atomic E-state index is 12.3. The third-order valence-electron chi connectivity index (χ3n) is 4.03. The number of aromatic nitrogens is 3. The molecule has 3 rings (SSSR count). The van der Waals surface area contributed by atoms with Gasteiger partial charge in [0.25, 0.3) is 11.5 Å². The van der Waals surface area contributed by atoms with Crippen LogP contribution in [-0.2, 0) is 0 Å². The molecule has 0 saturated carbocycles. The van der Waals surface area contributed by atoms with E-state index in [4.69, 9.17) is 0 Å². The summed E-state index contributed by atoms with van der Waals surface area (Å²) in [5.74, 6) is -0.341. The molecule has 0 aliphatic carbocycles. The number of carbonyl (C=O) groups excluding carboxylic acids is 1. The monoisotopic (exact) mass is 320 g/mol. The Kier molecular flexibility index (Phi) is 3.64. The Morgan fingerprint density at radius 3 is 2.87 bits per heavy atom. The van der Waals surface area contributed by atoms with Gasteiger partial charge in [0.2, 0.25) is 0 Å². The van der Waals surface area contributed by atoms with Crippen LogP contribution in [0.1, 0.15) is 29.9 Å². The molecule has 1 amide bonds. The van der Waals surface area contributed by atoms with Crippen LogP contribution in [0.5, 0.6) is 0 Å². The summed E-state index contributed by atoms with van der Waals surface area (Å²) in [5, 5.41) is 14.3. The topological polar surface area (TPSA) is 121 Å². The molecular weight excluding hydrogens is 304 g/mol. The van der Waals surface area contributed by atoms with E-state index in [2.05, 4.69) is 14.7 Å². The van der Waals surface area contributed by atoms with Crippen LogP contribution in [0.25, 0.3) is 0 Å². The van der Waals surface area contributed by atoms with E-state index in [9.17, 15) is 19.5 Å². The highest BCUT2D eigenvalue weighted by atomic mass is 16.5. The maximum Gasteiger partial charge on any atom is 0.328 e. The van der Waals surface area contributed by atoms with Crippen molar-refractivity contribution in [2.24, 2.45) is 0 Å². The zero-order valence-electron chi connectivity index (χ0n) is 12.4. The summed E-state index contributed by atoms with van der Waals surface area (Å²) in [4.78, 5) is 39.0. The van der Waals surface area contributed by atoms with Crippen molar-refractivity contribution in [2.45, 2.75) is 25.0 Å². The summed E-state index contributed by atoms with van der Waals surface area (Å²) in [5.41, 5.74) is -2.25. The lowest BCUT2D eigenvalue weighted by Crippen LogP contribution is -2.56. The number of β-amino-alcohol motifs (C(OH)–C–C–N with tert-alkyl or cyclic N) is 1. The van der Waals surface area contributed by atoms with E-state index in [1.165, 1.54) is 34.1 Å². The quantitative estimate of drug-likeness (QED) is 0.759. The summed E-state index contributed by atoms with van der Waals surface area (Å²) in [6, 6.07) is 2.13. The number of rotatable bonds is 2. The van der Waals surface area contributed by atoms with Gasteiger partial charge in [-0.15, -0.1) is 0 Å². The molecule has 1 aliphatic heterocycles. The normalized spacial score (nSPS) is 24.6. The molecule has 3 heterocycles. The number of amides is 1. The number of hydrogen-bond donors (Lipinski definition) is 2. The van der Waals surface area contributed by atoms with E-state index in [0.717, 1.165) is 0 Å². The molecule has 2 N–H and O–H groups in total. The van der Waals surface area contributed by atoms with E-state index in [1.54, 1.807) is 6.92 Å². The van der Waals surface area contributed by atoms with Crippen molar-refractivity contribution >= 4 is 5.91 Å². The molecule has 0 bridgehead atoms. The first-order valence-corrected chi connectivity index (χ1v) is 7.12. The van der Waals surface area contributed by atoms with Gasteiger partial charge in [0, 0.05) is 24.9 Å². The highest BCUT2D eigenvalue weighted by molar-refractivity contribution is 5.92. The molecule has 122 valence electrons. The molecule has 2 aromatic heterocycles. The molecule has 0 radical (unpaired) electrons. The molecule has 23 heavy (non-hydrogen) atoms. The first-order chi connectivity index (χ1) is 10.9. The molecule has 0 unspecified atom stereocenters. The van der Waals surface area contributed by atoms with Gasteiger partial charge in [-0.25, -0.2) is 4.79 Å². The summed E-state index contributed by atoms with van der Waals surface area (Å²) < 4.78 is 5.95. The lowest BCUT2D eigenvalue weighted by Gasteiger charge is -2.43. The largest absolute Gasteiger partial charge is 0.386 e. The van der Waals surface area contributed by atoms with E-state index in [0.29, 0.717) is 13.0 Å². The Morgan fingerprint density at radius 1 is 1.48 bits per heavy atom. The third-order valence-corrected chi connectivity index (χ3v) is 4.03. The second kappa shape index (κ2) is 5.51. The molecule has 2 aromatic rings. The molecule has 0 aromatic carbocycles. The van der Waals surface area contributed by atoms with Crippen molar-refractivity contribution in [3.63, 3.8) is 0 Å². The number of piperidine rings is 1. The second-order valence-electron chi connectivity index (χ2n) is 5.79. The van der Waals surface area contributed by atoms with Gasteiger partial charge >= 0.3 is 5.69 Å². The SMILES string of the molecule is C[C@@]1(O)CN(C(=O)c2ccon2)CC[C@H]1n1ccc(=O)[nH]c1=O. The lowest BCUT2D eigenvalue weighted by molar-refractivity contribution is -0.0505. The first-order valence-electron chi connectivity index (χ1n) is 7.12. The molecule has 1 fully saturated rings. The number of H-pyrrole nitrogens is 1. The zero-order valence-corrected chi connectivity index (χ0v) is 12.4. The minimum Gasteiger partial charge on any atom is -0.386 e. The number of aliphatic hydroxyl groups is 1. The smallest absolute Gasteiger partial charge is 0.328 e. The second-order valence-corrected chi connectivity index (χ2v) is 5.79. The fourth-order valence-corrected chi connectivity index (χ4v) is 2.93. The predicted octanol–water partition coefficient (Wildman–Crippen LogP) is -0.637. The number of nitrogens with zero attached hydrogens (tertiary/aromatic N) is 3. The van der Waals surface area contributed by atoms with E-state index < -0.39 is 22.9 Å². The van der Waals surface area contributed by atoms with Crippen LogP contribution in [0.4, 0.5) is 0 Å². The molecule has 2 atom stereocenters. The van der Waals surface area contributed by atoms with E-state index in [-0.39, 0.29) is 18.1 Å². The average molecular weight is 320 g/mol. The molecule has 9 nitrogen and oxygen atoms in total. The average Bonchev–Trinajstić information content (AvgIpc) is 3.01. The Balaban J connectivity index is 1.84. The Bertz CT molecular complexity index is 820. The summed E-state index contributed by atoms with van der Waals surface area (Å²) >= 11 is 0. The van der Waals surface area contributed by atoms with Crippen molar-refractivity contribution in [3.05, 3.63) is 51.1 Å². The molecule has 0 spiro atoms. The third kappa shape index (κ3) is 2.82. The van der Waals surface area contributed by atoms with Crippen molar-refractivity contribution in [3.8, 4) is 0 Å². The summed E-state index contributed by atoms with van der Waals surface area (Å²) in [6.07, 6.45) is 3.02. The first kappa shape index (κ1) is 15.2. The number of aromatic amines is 1. The van der Waals surface area contributed by atoms with Crippen LogP contribution in [0.2, 0.25) is 0 Å². The van der Waals surface area contributed by atoms with Gasteiger partial charge in [0.05, 0.1) is 12.6 Å². The van der Waals surface area contributed by atoms with Crippen LogP contribution >= 0.6 is 0 Å². The van der Waals surface area contributed by atoms with E-state index >= 15 is 0 Å². The van der Waals surface area contributed by atoms with Crippen molar-refractivity contribution in [1.82, 2.24) is 19.6 Å². The van der Waals surface area contributed by atoms with Crippen LogP contribution in [0.3, 0.4) is 0 Å². The molecule has 1 aliphatic rings. The zero-order chi connectivity index (χ0) is 16.6. The number of nitrogens with one attached hydrogen (secondary N) is 1. The molecular formula is C14H16N4O5. The number of likely N-dealkylation sites (tertiary alicyclic amines) is 1. The summed E-state index contributed by atoms with van der Waals surface area (Å²) in [6.45, 7) is 1.93. The van der Waals surface area contributed by atoms with Gasteiger partial charge in [-0.1, -0.05) is 5.16 Å². The Labute approximate surface area is 130 Å². The fraction of sp³-hybridized carbons (Fsp3) is 0.429. The van der Waals surface area contributed by atoms with E-state index in [1.807, 2.05) is 0 Å². The standard InChI is InChI=1S/C14H16N4O5/c1-14(22)8-17(12(20)9-4-7-23-16-9)5-2-10(14)18-6-3-11(19)15-13(18)21/h3-4,6-7,10,22H,2,5,8H2,1H3,(H,15,19,21)/t10-,14-/m1/s1. The van der Waals surface area contributed by atoms with Crippen molar-refractivity contribution in [2.75, 3.05) is 13.1 Å². The highest BCUT2D eigenvalue weighted by Crippen LogP contribution is 2.31.